The van der Waals surface area contributed by atoms with Crippen LogP contribution >= 0.6 is 22.6 Å². The van der Waals surface area contributed by atoms with E-state index in [1.807, 2.05) is 13.1 Å². The van der Waals surface area contributed by atoms with E-state index in [1.54, 1.807) is 22.6 Å². The number of aryl methyl sites for hydroxylation is 2. The van der Waals surface area contributed by atoms with E-state index in [0.29, 0.717) is 6.54 Å². The molecular formula is C12H15IN2O2. The van der Waals surface area contributed by atoms with Gasteiger partial charge in [0, 0.05) is 25.9 Å². The van der Waals surface area contributed by atoms with Gasteiger partial charge in [-0.2, -0.15) is 0 Å². The molecule has 2 rings (SSSR count). The zero-order valence-corrected chi connectivity index (χ0v) is 12.1. The highest BCUT2D eigenvalue weighted by molar-refractivity contribution is 14.1. The lowest BCUT2D eigenvalue weighted by Crippen LogP contribution is -2.33. The molecule has 1 aliphatic rings. The van der Waals surface area contributed by atoms with Crippen LogP contribution in [0.25, 0.3) is 0 Å². The van der Waals surface area contributed by atoms with Crippen molar-refractivity contribution in [1.82, 2.24) is 4.57 Å². The number of alkyl halides is 1. The number of halogens is 1. The number of aromatic nitrogens is 1. The maximum absolute atomic E-state index is 12.0. The van der Waals surface area contributed by atoms with E-state index < -0.39 is 0 Å². The Balaban J connectivity index is 2.55. The average Bonchev–Trinajstić information content (AvgIpc) is 2.42. The van der Waals surface area contributed by atoms with E-state index in [0.717, 1.165) is 24.1 Å². The second-order valence-corrected chi connectivity index (χ2v) is 5.72. The molecule has 0 aliphatic carbocycles. The van der Waals surface area contributed by atoms with Crippen LogP contribution in [0.4, 0.5) is 5.69 Å². The third-order valence-corrected chi connectivity index (χ3v) is 4.31. The Morgan fingerprint density at radius 1 is 1.47 bits per heavy atom. The van der Waals surface area contributed by atoms with Crippen LogP contribution in [0.5, 0.6) is 0 Å². The summed E-state index contributed by atoms with van der Waals surface area (Å²) < 4.78 is 1.68. The Morgan fingerprint density at radius 3 is 2.82 bits per heavy atom. The van der Waals surface area contributed by atoms with Crippen molar-refractivity contribution in [1.29, 1.82) is 0 Å². The van der Waals surface area contributed by atoms with Crippen molar-refractivity contribution in [2.75, 3.05) is 11.9 Å². The molecule has 0 N–H and O–H groups in total. The maximum atomic E-state index is 12.0. The standard InChI is InChI=1S/C12H15IN2O2/c1-3-15-7-8-4-5-9(13)12(17)14(2)10(8)6-11(15)16/h6-7,9H,3-5H2,1-2H3. The number of pyridine rings is 1. The number of fused-ring (bicyclic) bond motifs is 1. The van der Waals surface area contributed by atoms with Crippen LogP contribution in [-0.2, 0) is 17.8 Å². The first-order valence-corrected chi connectivity index (χ1v) is 6.94. The van der Waals surface area contributed by atoms with Crippen LogP contribution in [0.3, 0.4) is 0 Å². The van der Waals surface area contributed by atoms with Gasteiger partial charge in [0.1, 0.15) is 0 Å². The molecule has 0 bridgehead atoms. The normalized spacial score (nSPS) is 20.1. The first-order chi connectivity index (χ1) is 8.04. The second kappa shape index (κ2) is 4.80. The van der Waals surface area contributed by atoms with Crippen molar-refractivity contribution < 1.29 is 4.79 Å². The van der Waals surface area contributed by atoms with Gasteiger partial charge in [0.2, 0.25) is 5.91 Å². The predicted molar refractivity (Wildman–Crippen MR) is 75.9 cm³/mol. The van der Waals surface area contributed by atoms with Crippen LogP contribution < -0.4 is 10.5 Å². The summed E-state index contributed by atoms with van der Waals surface area (Å²) in [7, 11) is 1.74. The van der Waals surface area contributed by atoms with Crippen molar-refractivity contribution in [3.63, 3.8) is 0 Å². The number of amides is 1. The molecular weight excluding hydrogens is 331 g/mol. The predicted octanol–water partition coefficient (Wildman–Crippen LogP) is 1.58. The first-order valence-electron chi connectivity index (χ1n) is 5.69. The van der Waals surface area contributed by atoms with E-state index in [4.69, 9.17) is 0 Å². The summed E-state index contributed by atoms with van der Waals surface area (Å²) in [6.45, 7) is 2.61. The zero-order valence-electron chi connectivity index (χ0n) is 9.94. The molecule has 0 saturated heterocycles. The largest absolute Gasteiger partial charge is 0.315 e. The van der Waals surface area contributed by atoms with Crippen molar-refractivity contribution in [2.45, 2.75) is 30.2 Å². The van der Waals surface area contributed by atoms with Crippen LogP contribution in [0, 0.1) is 0 Å². The number of anilines is 1. The number of hydrogen-bond donors (Lipinski definition) is 0. The Bertz CT molecular complexity index is 510. The van der Waals surface area contributed by atoms with Gasteiger partial charge < -0.3 is 9.47 Å². The van der Waals surface area contributed by atoms with Gasteiger partial charge in [0.05, 0.1) is 9.61 Å². The lowest BCUT2D eigenvalue weighted by Gasteiger charge is -2.19. The van der Waals surface area contributed by atoms with Gasteiger partial charge in [-0.25, -0.2) is 0 Å². The SMILES string of the molecule is CCn1cc2c(cc1=O)N(C)C(=O)C(I)CC2. The molecule has 1 aromatic heterocycles. The van der Waals surface area contributed by atoms with Gasteiger partial charge in [-0.1, -0.05) is 22.6 Å². The summed E-state index contributed by atoms with van der Waals surface area (Å²) in [5.41, 5.74) is 1.81. The lowest BCUT2D eigenvalue weighted by atomic mass is 10.1. The van der Waals surface area contributed by atoms with E-state index in [2.05, 4.69) is 22.6 Å². The van der Waals surface area contributed by atoms with Crippen LogP contribution in [0.15, 0.2) is 17.1 Å². The zero-order chi connectivity index (χ0) is 12.6. The molecule has 4 nitrogen and oxygen atoms in total. The number of nitrogens with zero attached hydrogens (tertiary/aromatic N) is 2. The Labute approximate surface area is 114 Å². The fourth-order valence-electron chi connectivity index (χ4n) is 2.10. The molecule has 0 saturated carbocycles. The summed E-state index contributed by atoms with van der Waals surface area (Å²) >= 11 is 2.17. The van der Waals surface area contributed by atoms with Crippen LogP contribution in [-0.4, -0.2) is 21.4 Å². The second-order valence-electron chi connectivity index (χ2n) is 4.21. The maximum Gasteiger partial charge on any atom is 0.252 e. The summed E-state index contributed by atoms with van der Waals surface area (Å²) in [5.74, 6) is 0.0815. The van der Waals surface area contributed by atoms with Gasteiger partial charge in [0.15, 0.2) is 0 Å². The topological polar surface area (TPSA) is 42.3 Å². The Kier molecular flexibility index (Phi) is 3.56. The summed E-state index contributed by atoms with van der Waals surface area (Å²) in [6, 6.07) is 1.57. The minimum atomic E-state index is -0.0437. The van der Waals surface area contributed by atoms with Gasteiger partial charge in [-0.05, 0) is 25.3 Å². The van der Waals surface area contributed by atoms with Crippen molar-refractivity contribution >= 4 is 34.2 Å². The molecule has 0 radical (unpaired) electrons. The van der Waals surface area contributed by atoms with Crippen molar-refractivity contribution in [3.8, 4) is 0 Å². The molecule has 1 amide bonds. The molecule has 17 heavy (non-hydrogen) atoms. The summed E-state index contributed by atoms with van der Waals surface area (Å²) in [5, 5.41) is 0. The third-order valence-electron chi connectivity index (χ3n) is 3.15. The van der Waals surface area contributed by atoms with Crippen molar-refractivity contribution in [2.24, 2.45) is 0 Å². The summed E-state index contributed by atoms with van der Waals surface area (Å²) in [6.07, 6.45) is 3.56. The lowest BCUT2D eigenvalue weighted by molar-refractivity contribution is -0.117. The van der Waals surface area contributed by atoms with Crippen LogP contribution in [0.2, 0.25) is 0 Å². The average molecular weight is 346 g/mol. The molecule has 2 heterocycles. The number of rotatable bonds is 1. The fourth-order valence-corrected chi connectivity index (χ4v) is 2.83. The van der Waals surface area contributed by atoms with Crippen LogP contribution in [0.1, 0.15) is 18.9 Å². The molecule has 0 aromatic carbocycles. The van der Waals surface area contributed by atoms with E-state index in [-0.39, 0.29) is 15.4 Å². The molecule has 0 fully saturated rings. The number of carbonyl (C=O) groups is 1. The third kappa shape index (κ3) is 2.25. The molecule has 1 aromatic rings. The summed E-state index contributed by atoms with van der Waals surface area (Å²) in [4.78, 5) is 25.4. The molecule has 92 valence electrons. The monoisotopic (exact) mass is 346 g/mol. The van der Waals surface area contributed by atoms with Gasteiger partial charge in [0.25, 0.3) is 5.56 Å². The smallest absolute Gasteiger partial charge is 0.252 e. The minimum Gasteiger partial charge on any atom is -0.315 e. The number of carbonyl (C=O) groups excluding carboxylic acids is 1. The fraction of sp³-hybridized carbons (Fsp3) is 0.500. The Hall–Kier alpha value is -0.850. The molecule has 1 atom stereocenters. The minimum absolute atomic E-state index is 0.00446. The molecule has 1 aliphatic heterocycles. The van der Waals surface area contributed by atoms with Gasteiger partial charge in [-0.3, -0.25) is 9.59 Å². The highest BCUT2D eigenvalue weighted by Gasteiger charge is 2.26. The van der Waals surface area contributed by atoms with E-state index in [1.165, 1.54) is 0 Å². The van der Waals surface area contributed by atoms with E-state index in [9.17, 15) is 9.59 Å². The van der Waals surface area contributed by atoms with Gasteiger partial charge in [-0.15, -0.1) is 0 Å². The first kappa shape index (κ1) is 12.6. The van der Waals surface area contributed by atoms with E-state index >= 15 is 0 Å². The van der Waals surface area contributed by atoms with Gasteiger partial charge >= 0.3 is 0 Å². The molecule has 5 heteroatoms. The number of hydrogen-bond acceptors (Lipinski definition) is 2. The quantitative estimate of drug-likeness (QED) is 0.572. The highest BCUT2D eigenvalue weighted by Crippen LogP contribution is 2.27. The molecule has 0 spiro atoms. The highest BCUT2D eigenvalue weighted by atomic mass is 127. The Morgan fingerprint density at radius 2 is 2.18 bits per heavy atom. The molecule has 1 unspecified atom stereocenters. The van der Waals surface area contributed by atoms with Crippen molar-refractivity contribution in [3.05, 3.63) is 28.2 Å².